The Kier molecular flexibility index (Phi) is 3.79. The number of ether oxygens (including phenoxy) is 2. The lowest BCUT2D eigenvalue weighted by atomic mass is 10.1. The van der Waals surface area contributed by atoms with Crippen molar-refractivity contribution in [1.82, 2.24) is 4.98 Å². The van der Waals surface area contributed by atoms with E-state index in [1.165, 1.54) is 0 Å². The van der Waals surface area contributed by atoms with Crippen molar-refractivity contribution in [1.29, 1.82) is 0 Å². The minimum absolute atomic E-state index is 0.481. The number of rotatable bonds is 5. The Bertz CT molecular complexity index is 749. The van der Waals surface area contributed by atoms with Crippen molar-refractivity contribution in [2.75, 3.05) is 7.11 Å². The lowest BCUT2D eigenvalue weighted by Crippen LogP contribution is -1.98. The SMILES string of the molecule is COc1ccccc1OCc1c[nH]c2ccc(CN)cc12. The molecule has 3 N–H and O–H groups in total. The average molecular weight is 282 g/mol. The van der Waals surface area contributed by atoms with Crippen LogP contribution in [0.2, 0.25) is 0 Å². The van der Waals surface area contributed by atoms with Gasteiger partial charge in [0, 0.05) is 29.2 Å². The van der Waals surface area contributed by atoms with Gasteiger partial charge in [-0.3, -0.25) is 0 Å². The van der Waals surface area contributed by atoms with Crippen LogP contribution in [0, 0.1) is 0 Å². The fourth-order valence-electron chi connectivity index (χ4n) is 2.37. The van der Waals surface area contributed by atoms with Crippen molar-refractivity contribution in [2.24, 2.45) is 5.73 Å². The van der Waals surface area contributed by atoms with Gasteiger partial charge in [0.1, 0.15) is 6.61 Å². The van der Waals surface area contributed by atoms with E-state index in [2.05, 4.69) is 11.1 Å². The Morgan fingerprint density at radius 1 is 1.10 bits per heavy atom. The molecule has 2 aromatic carbocycles. The van der Waals surface area contributed by atoms with Gasteiger partial charge in [0.05, 0.1) is 7.11 Å². The zero-order valence-corrected chi connectivity index (χ0v) is 11.9. The topological polar surface area (TPSA) is 60.3 Å². The number of nitrogens with one attached hydrogen (secondary N) is 1. The lowest BCUT2D eigenvalue weighted by Gasteiger charge is -2.09. The van der Waals surface area contributed by atoms with Crippen LogP contribution in [0.15, 0.2) is 48.7 Å². The summed E-state index contributed by atoms with van der Waals surface area (Å²) in [6.07, 6.45) is 1.97. The van der Waals surface area contributed by atoms with E-state index in [0.29, 0.717) is 13.2 Å². The first-order valence-corrected chi connectivity index (χ1v) is 6.86. The van der Waals surface area contributed by atoms with Crippen LogP contribution in [-0.2, 0) is 13.2 Å². The summed E-state index contributed by atoms with van der Waals surface area (Å²) >= 11 is 0. The maximum atomic E-state index is 5.88. The molecule has 0 aliphatic rings. The summed E-state index contributed by atoms with van der Waals surface area (Å²) in [7, 11) is 1.64. The molecule has 1 aromatic heterocycles. The summed E-state index contributed by atoms with van der Waals surface area (Å²) in [5, 5.41) is 1.15. The van der Waals surface area contributed by atoms with Crippen LogP contribution in [0.25, 0.3) is 10.9 Å². The largest absolute Gasteiger partial charge is 0.493 e. The molecule has 1 heterocycles. The average Bonchev–Trinajstić information content (AvgIpc) is 2.95. The summed E-state index contributed by atoms with van der Waals surface area (Å²) in [6.45, 7) is 1.02. The highest BCUT2D eigenvalue weighted by atomic mass is 16.5. The van der Waals surface area contributed by atoms with Crippen LogP contribution in [0.1, 0.15) is 11.1 Å². The van der Waals surface area contributed by atoms with E-state index in [9.17, 15) is 0 Å². The van der Waals surface area contributed by atoms with Gasteiger partial charge in [0.2, 0.25) is 0 Å². The molecule has 0 radical (unpaired) electrons. The summed E-state index contributed by atoms with van der Waals surface area (Å²) < 4.78 is 11.2. The molecule has 0 unspecified atom stereocenters. The quantitative estimate of drug-likeness (QED) is 0.755. The Hall–Kier alpha value is -2.46. The molecule has 0 saturated heterocycles. The second-order valence-electron chi connectivity index (χ2n) is 4.84. The maximum Gasteiger partial charge on any atom is 0.161 e. The van der Waals surface area contributed by atoms with E-state index in [1.807, 2.05) is 42.6 Å². The monoisotopic (exact) mass is 282 g/mol. The van der Waals surface area contributed by atoms with E-state index in [-0.39, 0.29) is 0 Å². The van der Waals surface area contributed by atoms with Crippen LogP contribution in [-0.4, -0.2) is 12.1 Å². The van der Waals surface area contributed by atoms with Crippen molar-refractivity contribution in [3.05, 3.63) is 59.8 Å². The van der Waals surface area contributed by atoms with Gasteiger partial charge >= 0.3 is 0 Å². The molecule has 4 heteroatoms. The van der Waals surface area contributed by atoms with Gasteiger partial charge in [-0.05, 0) is 29.8 Å². The zero-order chi connectivity index (χ0) is 14.7. The second-order valence-corrected chi connectivity index (χ2v) is 4.84. The normalized spacial score (nSPS) is 10.8. The van der Waals surface area contributed by atoms with Crippen LogP contribution in [0.5, 0.6) is 11.5 Å². The smallest absolute Gasteiger partial charge is 0.161 e. The first-order valence-electron chi connectivity index (χ1n) is 6.86. The minimum Gasteiger partial charge on any atom is -0.493 e. The molecule has 0 spiro atoms. The van der Waals surface area contributed by atoms with Crippen molar-refractivity contribution in [2.45, 2.75) is 13.2 Å². The Balaban J connectivity index is 1.85. The highest BCUT2D eigenvalue weighted by Gasteiger charge is 2.07. The maximum absolute atomic E-state index is 5.88. The van der Waals surface area contributed by atoms with Crippen molar-refractivity contribution in [3.63, 3.8) is 0 Å². The fourth-order valence-corrected chi connectivity index (χ4v) is 2.37. The molecule has 3 aromatic rings. The molecule has 108 valence electrons. The van der Waals surface area contributed by atoms with Crippen molar-refractivity contribution >= 4 is 10.9 Å². The van der Waals surface area contributed by atoms with Gasteiger partial charge in [0.15, 0.2) is 11.5 Å². The summed E-state index contributed by atoms with van der Waals surface area (Å²) in [4.78, 5) is 3.25. The van der Waals surface area contributed by atoms with E-state index < -0.39 is 0 Å². The standard InChI is InChI=1S/C17H18N2O2/c1-20-16-4-2-3-5-17(16)21-11-13-10-19-15-7-6-12(9-18)8-14(13)15/h2-8,10,19H,9,11,18H2,1H3. The van der Waals surface area contributed by atoms with Crippen LogP contribution in [0.4, 0.5) is 0 Å². The van der Waals surface area contributed by atoms with Gasteiger partial charge in [-0.25, -0.2) is 0 Å². The fraction of sp³-hybridized carbons (Fsp3) is 0.176. The third-order valence-electron chi connectivity index (χ3n) is 3.52. The highest BCUT2D eigenvalue weighted by Crippen LogP contribution is 2.28. The molecule has 0 aliphatic carbocycles. The molecule has 21 heavy (non-hydrogen) atoms. The predicted octanol–water partition coefficient (Wildman–Crippen LogP) is 3.21. The number of benzene rings is 2. The number of hydrogen-bond donors (Lipinski definition) is 2. The molecular formula is C17H18N2O2. The van der Waals surface area contributed by atoms with Crippen LogP contribution in [0.3, 0.4) is 0 Å². The first kappa shape index (κ1) is 13.5. The number of para-hydroxylation sites is 2. The summed E-state index contributed by atoms with van der Waals surface area (Å²) in [5.74, 6) is 1.48. The van der Waals surface area contributed by atoms with E-state index in [0.717, 1.165) is 33.5 Å². The van der Waals surface area contributed by atoms with Gasteiger partial charge in [-0.1, -0.05) is 18.2 Å². The van der Waals surface area contributed by atoms with Crippen molar-refractivity contribution in [3.8, 4) is 11.5 Å². The summed E-state index contributed by atoms with van der Waals surface area (Å²) in [6, 6.07) is 13.8. The number of nitrogens with two attached hydrogens (primary N) is 1. The Labute approximate surface area is 123 Å². The molecular weight excluding hydrogens is 264 g/mol. The van der Waals surface area contributed by atoms with E-state index in [1.54, 1.807) is 7.11 Å². The van der Waals surface area contributed by atoms with Gasteiger partial charge < -0.3 is 20.2 Å². The van der Waals surface area contributed by atoms with E-state index in [4.69, 9.17) is 15.2 Å². The lowest BCUT2D eigenvalue weighted by molar-refractivity contribution is 0.285. The minimum atomic E-state index is 0.481. The number of fused-ring (bicyclic) bond motifs is 1. The summed E-state index contributed by atoms with van der Waals surface area (Å²) in [5.41, 5.74) is 9.01. The third-order valence-corrected chi connectivity index (χ3v) is 3.52. The molecule has 0 bridgehead atoms. The van der Waals surface area contributed by atoms with Crippen LogP contribution >= 0.6 is 0 Å². The number of hydrogen-bond acceptors (Lipinski definition) is 3. The van der Waals surface area contributed by atoms with Crippen molar-refractivity contribution < 1.29 is 9.47 Å². The molecule has 0 amide bonds. The number of aromatic amines is 1. The molecule has 0 saturated carbocycles. The number of methoxy groups -OCH3 is 1. The molecule has 0 atom stereocenters. The molecule has 0 aliphatic heterocycles. The van der Waals surface area contributed by atoms with Crippen LogP contribution < -0.4 is 15.2 Å². The first-order chi connectivity index (χ1) is 10.3. The predicted molar refractivity (Wildman–Crippen MR) is 83.5 cm³/mol. The third kappa shape index (κ3) is 2.71. The van der Waals surface area contributed by atoms with Gasteiger partial charge in [0.25, 0.3) is 0 Å². The van der Waals surface area contributed by atoms with E-state index >= 15 is 0 Å². The van der Waals surface area contributed by atoms with Gasteiger partial charge in [-0.15, -0.1) is 0 Å². The Morgan fingerprint density at radius 3 is 2.67 bits per heavy atom. The molecule has 0 fully saturated rings. The highest BCUT2D eigenvalue weighted by molar-refractivity contribution is 5.83. The zero-order valence-electron chi connectivity index (χ0n) is 11.9. The second kappa shape index (κ2) is 5.89. The number of H-pyrrole nitrogens is 1. The number of aromatic nitrogens is 1. The van der Waals surface area contributed by atoms with Gasteiger partial charge in [-0.2, -0.15) is 0 Å². The molecule has 4 nitrogen and oxygen atoms in total. The molecule has 3 rings (SSSR count). The Morgan fingerprint density at radius 2 is 1.90 bits per heavy atom.